The molecule has 0 fully saturated rings. The lowest BCUT2D eigenvalue weighted by molar-refractivity contribution is 0.0636. The van der Waals surface area contributed by atoms with Gasteiger partial charge in [-0.2, -0.15) is 0 Å². The molecule has 0 atom stereocenters. The Bertz CT molecular complexity index is 937. The lowest BCUT2D eigenvalue weighted by Gasteiger charge is -2.20. The van der Waals surface area contributed by atoms with Gasteiger partial charge in [0.1, 0.15) is 16.9 Å². The minimum absolute atomic E-state index is 0.331. The third kappa shape index (κ3) is 4.40. The molecule has 6 nitrogen and oxygen atoms in total. The van der Waals surface area contributed by atoms with Crippen LogP contribution in [0.4, 0.5) is 10.5 Å². The molecule has 2 aromatic heterocycles. The van der Waals surface area contributed by atoms with Crippen LogP contribution in [0, 0.1) is 0 Å². The molecule has 3 rings (SSSR count). The lowest BCUT2D eigenvalue weighted by Crippen LogP contribution is -2.27. The second-order valence-corrected chi connectivity index (χ2v) is 7.00. The van der Waals surface area contributed by atoms with Gasteiger partial charge in [-0.05, 0) is 57.2 Å². The number of benzene rings is 1. The third-order valence-electron chi connectivity index (χ3n) is 3.28. The predicted octanol–water partition coefficient (Wildman–Crippen LogP) is 5.42. The number of amides is 1. The smallest absolute Gasteiger partial charge is 0.412 e. The number of rotatable bonds is 3. The molecule has 26 heavy (non-hydrogen) atoms. The molecule has 3 aromatic rings. The summed E-state index contributed by atoms with van der Waals surface area (Å²) in [5.74, 6) is 0.916. The molecule has 134 valence electrons. The molecule has 0 saturated carbocycles. The van der Waals surface area contributed by atoms with Crippen molar-refractivity contribution in [1.29, 1.82) is 0 Å². The molecule has 0 aliphatic heterocycles. The fourth-order valence-electron chi connectivity index (χ4n) is 2.25. The lowest BCUT2D eigenvalue weighted by atomic mass is 10.2. The van der Waals surface area contributed by atoms with Gasteiger partial charge in [-0.15, -0.1) is 0 Å². The highest BCUT2D eigenvalue weighted by Gasteiger charge is 2.18. The van der Waals surface area contributed by atoms with E-state index in [4.69, 9.17) is 21.1 Å². The van der Waals surface area contributed by atoms with Crippen molar-refractivity contribution in [2.45, 2.75) is 26.4 Å². The van der Waals surface area contributed by atoms with Crippen molar-refractivity contribution in [3.63, 3.8) is 0 Å². The summed E-state index contributed by atoms with van der Waals surface area (Å²) in [4.78, 5) is 20.7. The van der Waals surface area contributed by atoms with E-state index >= 15 is 0 Å². The van der Waals surface area contributed by atoms with E-state index in [2.05, 4.69) is 15.3 Å². The third-order valence-corrected chi connectivity index (χ3v) is 3.53. The maximum Gasteiger partial charge on any atom is 0.412 e. The van der Waals surface area contributed by atoms with Gasteiger partial charge in [-0.25, -0.2) is 9.78 Å². The summed E-state index contributed by atoms with van der Waals surface area (Å²) in [7, 11) is 0. The number of halogens is 1. The fourth-order valence-corrected chi connectivity index (χ4v) is 2.38. The van der Waals surface area contributed by atoms with E-state index in [1.165, 1.54) is 6.20 Å². The molecule has 0 saturated heterocycles. The largest absolute Gasteiger partial charge is 0.444 e. The number of nitrogens with zero attached hydrogens (tertiary/aromatic N) is 2. The van der Waals surface area contributed by atoms with E-state index in [9.17, 15) is 4.79 Å². The van der Waals surface area contributed by atoms with E-state index < -0.39 is 11.7 Å². The molecule has 0 aliphatic rings. The zero-order valence-electron chi connectivity index (χ0n) is 14.6. The van der Waals surface area contributed by atoms with Crippen molar-refractivity contribution >= 4 is 34.3 Å². The molecule has 1 aromatic carbocycles. The normalized spacial score (nSPS) is 11.2. The molecule has 0 bridgehead atoms. The van der Waals surface area contributed by atoms with Crippen LogP contribution in [0.25, 0.3) is 10.9 Å². The number of pyridine rings is 2. The van der Waals surface area contributed by atoms with E-state index in [1.807, 2.05) is 6.07 Å². The van der Waals surface area contributed by atoms with Crippen LogP contribution < -0.4 is 10.1 Å². The van der Waals surface area contributed by atoms with Crippen LogP contribution in [-0.2, 0) is 4.74 Å². The van der Waals surface area contributed by atoms with Crippen molar-refractivity contribution in [2.75, 3.05) is 5.32 Å². The van der Waals surface area contributed by atoms with E-state index in [-0.39, 0.29) is 0 Å². The maximum atomic E-state index is 12.1. The molecule has 1 amide bonds. The van der Waals surface area contributed by atoms with Gasteiger partial charge in [0.05, 0.1) is 11.9 Å². The molecule has 2 heterocycles. The average Bonchev–Trinajstić information content (AvgIpc) is 2.57. The minimum Gasteiger partial charge on any atom is -0.444 e. The van der Waals surface area contributed by atoms with Crippen molar-refractivity contribution in [3.8, 4) is 11.6 Å². The fraction of sp³-hybridized carbons (Fsp3) is 0.211. The van der Waals surface area contributed by atoms with Crippen molar-refractivity contribution in [3.05, 3.63) is 53.8 Å². The first kappa shape index (κ1) is 17.9. The highest BCUT2D eigenvalue weighted by Crippen LogP contribution is 2.31. The van der Waals surface area contributed by atoms with Gasteiger partial charge in [0.2, 0.25) is 5.88 Å². The summed E-state index contributed by atoms with van der Waals surface area (Å²) >= 11 is 5.89. The van der Waals surface area contributed by atoms with E-state index in [0.29, 0.717) is 33.2 Å². The van der Waals surface area contributed by atoms with Crippen molar-refractivity contribution in [1.82, 2.24) is 9.97 Å². The Morgan fingerprint density at radius 3 is 2.54 bits per heavy atom. The Balaban J connectivity index is 1.91. The number of nitrogens with one attached hydrogen (secondary N) is 1. The van der Waals surface area contributed by atoms with Crippen LogP contribution >= 0.6 is 11.6 Å². The molecule has 0 radical (unpaired) electrons. The number of hydrogen-bond acceptors (Lipinski definition) is 5. The van der Waals surface area contributed by atoms with E-state index in [1.54, 1.807) is 57.3 Å². The highest BCUT2D eigenvalue weighted by atomic mass is 35.5. The molecular formula is C19H18ClN3O3. The van der Waals surface area contributed by atoms with Gasteiger partial charge in [-0.3, -0.25) is 10.3 Å². The minimum atomic E-state index is -0.594. The number of aromatic nitrogens is 2. The quantitative estimate of drug-likeness (QED) is 0.665. The summed E-state index contributed by atoms with van der Waals surface area (Å²) in [6.45, 7) is 5.40. The van der Waals surface area contributed by atoms with Crippen LogP contribution in [0.1, 0.15) is 20.8 Å². The zero-order chi connectivity index (χ0) is 18.7. The first-order valence-electron chi connectivity index (χ1n) is 7.99. The van der Waals surface area contributed by atoms with Crippen LogP contribution in [0.3, 0.4) is 0 Å². The number of hydrogen-bond donors (Lipinski definition) is 1. The first-order valence-corrected chi connectivity index (χ1v) is 8.37. The first-order chi connectivity index (χ1) is 12.3. The molecule has 0 unspecified atom stereocenters. The van der Waals surface area contributed by atoms with Gasteiger partial charge in [0.25, 0.3) is 0 Å². The Kier molecular flexibility index (Phi) is 4.95. The van der Waals surface area contributed by atoms with Crippen molar-refractivity contribution < 1.29 is 14.3 Å². The Morgan fingerprint density at radius 2 is 1.85 bits per heavy atom. The van der Waals surface area contributed by atoms with Crippen molar-refractivity contribution in [2.24, 2.45) is 0 Å². The number of carbonyl (C=O) groups is 1. The number of anilines is 1. The van der Waals surface area contributed by atoms with Crippen LogP contribution in [0.2, 0.25) is 5.02 Å². The molecular weight excluding hydrogens is 354 g/mol. The number of fused-ring (bicyclic) bond motifs is 1. The van der Waals surface area contributed by atoms with Gasteiger partial charge in [-0.1, -0.05) is 11.6 Å². The second kappa shape index (κ2) is 7.17. The predicted molar refractivity (Wildman–Crippen MR) is 101 cm³/mol. The topological polar surface area (TPSA) is 73.3 Å². The summed E-state index contributed by atoms with van der Waals surface area (Å²) in [5, 5.41) is 4.01. The SMILES string of the molecule is CC(C)(C)OC(=O)Nc1cnc(Oc2ccc(Cl)cc2)c2ncccc12. The summed E-state index contributed by atoms with van der Waals surface area (Å²) in [5.41, 5.74) is 0.422. The zero-order valence-corrected chi connectivity index (χ0v) is 15.4. The average molecular weight is 372 g/mol. The Hall–Kier alpha value is -2.86. The van der Waals surface area contributed by atoms with Crippen LogP contribution in [-0.4, -0.2) is 21.7 Å². The van der Waals surface area contributed by atoms with Gasteiger partial charge in [0, 0.05) is 16.6 Å². The van der Waals surface area contributed by atoms with Gasteiger partial charge in [0.15, 0.2) is 0 Å². The summed E-state index contributed by atoms with van der Waals surface area (Å²) < 4.78 is 11.1. The Morgan fingerprint density at radius 1 is 1.12 bits per heavy atom. The van der Waals surface area contributed by atoms with Crippen LogP contribution in [0.15, 0.2) is 48.8 Å². The monoisotopic (exact) mass is 371 g/mol. The number of ether oxygens (including phenoxy) is 2. The van der Waals surface area contributed by atoms with Crippen LogP contribution in [0.5, 0.6) is 11.6 Å². The van der Waals surface area contributed by atoms with Gasteiger partial charge >= 0.3 is 6.09 Å². The summed E-state index contributed by atoms with van der Waals surface area (Å²) in [6, 6.07) is 10.5. The molecule has 1 N–H and O–H groups in total. The number of carbonyl (C=O) groups excluding carboxylic acids is 1. The maximum absolute atomic E-state index is 12.1. The summed E-state index contributed by atoms with van der Waals surface area (Å²) in [6.07, 6.45) is 2.59. The highest BCUT2D eigenvalue weighted by molar-refractivity contribution is 6.30. The van der Waals surface area contributed by atoms with Gasteiger partial charge < -0.3 is 9.47 Å². The molecule has 0 spiro atoms. The second-order valence-electron chi connectivity index (χ2n) is 6.56. The van der Waals surface area contributed by atoms with E-state index in [0.717, 1.165) is 0 Å². The standard InChI is InChI=1S/C19H18ClN3O3/c1-19(2,3)26-18(24)23-15-11-22-17(16-14(15)5-4-10-21-16)25-13-8-6-12(20)7-9-13/h4-11H,1-3H3,(H,23,24). The molecule has 7 heteroatoms. The Labute approximate surface area is 156 Å². The molecule has 0 aliphatic carbocycles.